The monoisotopic (exact) mass is 418 g/mol. The Morgan fingerprint density at radius 1 is 1.17 bits per heavy atom. The molecule has 0 fully saturated rings. The summed E-state index contributed by atoms with van der Waals surface area (Å²) in [5.41, 5.74) is 1.88. The van der Waals surface area contributed by atoms with Crippen LogP contribution in [-0.2, 0) is 26.0 Å². The van der Waals surface area contributed by atoms with E-state index in [0.717, 1.165) is 23.7 Å². The van der Waals surface area contributed by atoms with Gasteiger partial charge in [0.25, 0.3) is 5.91 Å². The fraction of sp³-hybridized carbons (Fsp3) is 0.300. The van der Waals surface area contributed by atoms with Crippen LogP contribution in [0.15, 0.2) is 47.4 Å². The molecule has 1 heterocycles. The fourth-order valence-electron chi connectivity index (χ4n) is 3.19. The second kappa shape index (κ2) is 8.22. The molecule has 0 aliphatic carbocycles. The van der Waals surface area contributed by atoms with E-state index in [1.165, 1.54) is 33.2 Å². The van der Waals surface area contributed by atoms with Gasteiger partial charge >= 0.3 is 5.97 Å². The normalized spacial score (nSPS) is 14.2. The SMILES string of the molecule is CNS(=O)(=O)c1cc(C(=O)O[C@H](C)C(=O)N2CCc3ccccc32)ccc1OC. The van der Waals surface area contributed by atoms with Crippen LogP contribution in [0.4, 0.5) is 5.69 Å². The summed E-state index contributed by atoms with van der Waals surface area (Å²) < 4.78 is 36.9. The summed E-state index contributed by atoms with van der Waals surface area (Å²) in [6.07, 6.45) is -0.285. The van der Waals surface area contributed by atoms with Crippen LogP contribution in [-0.4, -0.2) is 47.1 Å². The maximum Gasteiger partial charge on any atom is 0.338 e. The molecular weight excluding hydrogens is 396 g/mol. The number of para-hydroxylation sites is 1. The number of ether oxygens (including phenoxy) is 2. The number of sulfonamides is 1. The highest BCUT2D eigenvalue weighted by Crippen LogP contribution is 2.29. The number of benzene rings is 2. The zero-order valence-corrected chi connectivity index (χ0v) is 17.2. The zero-order valence-electron chi connectivity index (χ0n) is 16.3. The molecule has 9 heteroatoms. The minimum absolute atomic E-state index is 0.00102. The number of carbonyl (C=O) groups excluding carboxylic acids is 2. The summed E-state index contributed by atoms with van der Waals surface area (Å²) >= 11 is 0. The van der Waals surface area contributed by atoms with E-state index >= 15 is 0 Å². The average molecular weight is 418 g/mol. The van der Waals surface area contributed by atoms with Gasteiger partial charge in [0, 0.05) is 12.2 Å². The Hall–Kier alpha value is -2.91. The Labute approximate surface area is 169 Å². The van der Waals surface area contributed by atoms with Gasteiger partial charge in [-0.05, 0) is 50.2 Å². The maximum atomic E-state index is 12.8. The number of anilines is 1. The Balaban J connectivity index is 1.78. The van der Waals surface area contributed by atoms with Crippen molar-refractivity contribution in [1.29, 1.82) is 0 Å². The first-order chi connectivity index (χ1) is 13.8. The third kappa shape index (κ3) is 4.10. The molecule has 0 aromatic heterocycles. The standard InChI is InChI=1S/C20H22N2O6S/c1-13(19(23)22-11-10-14-6-4-5-7-16(14)22)28-20(24)15-8-9-17(27-3)18(12-15)29(25,26)21-2/h4-9,12-13,21H,10-11H2,1-3H3/t13-/m1/s1. The molecule has 1 N–H and O–H groups in total. The van der Waals surface area contributed by atoms with Gasteiger partial charge in [-0.25, -0.2) is 17.9 Å². The van der Waals surface area contributed by atoms with Gasteiger partial charge in [-0.2, -0.15) is 0 Å². The van der Waals surface area contributed by atoms with Crippen molar-refractivity contribution in [2.45, 2.75) is 24.3 Å². The van der Waals surface area contributed by atoms with Gasteiger partial charge in [-0.15, -0.1) is 0 Å². The number of nitrogens with zero attached hydrogens (tertiary/aromatic N) is 1. The number of hydrogen-bond donors (Lipinski definition) is 1. The van der Waals surface area contributed by atoms with E-state index in [9.17, 15) is 18.0 Å². The lowest BCUT2D eigenvalue weighted by molar-refractivity contribution is -0.126. The number of hydrogen-bond acceptors (Lipinski definition) is 6. The molecule has 0 radical (unpaired) electrons. The van der Waals surface area contributed by atoms with Gasteiger partial charge in [0.2, 0.25) is 10.0 Å². The molecule has 29 heavy (non-hydrogen) atoms. The van der Waals surface area contributed by atoms with E-state index in [0.29, 0.717) is 6.54 Å². The van der Waals surface area contributed by atoms with Crippen molar-refractivity contribution in [3.8, 4) is 5.75 Å². The highest BCUT2D eigenvalue weighted by Gasteiger charge is 2.30. The van der Waals surface area contributed by atoms with Crippen LogP contribution in [0, 0.1) is 0 Å². The molecule has 1 aliphatic heterocycles. The average Bonchev–Trinajstić information content (AvgIpc) is 3.16. The van der Waals surface area contributed by atoms with E-state index < -0.39 is 22.1 Å². The number of methoxy groups -OCH3 is 1. The van der Waals surface area contributed by atoms with Gasteiger partial charge in [0.05, 0.1) is 12.7 Å². The number of amides is 1. The molecule has 1 aliphatic rings. The summed E-state index contributed by atoms with van der Waals surface area (Å²) in [5, 5.41) is 0. The lowest BCUT2D eigenvalue weighted by atomic mass is 10.2. The number of esters is 1. The van der Waals surface area contributed by atoms with Crippen LogP contribution >= 0.6 is 0 Å². The lowest BCUT2D eigenvalue weighted by Crippen LogP contribution is -2.39. The summed E-state index contributed by atoms with van der Waals surface area (Å²) in [6, 6.07) is 11.5. The van der Waals surface area contributed by atoms with Crippen LogP contribution in [0.2, 0.25) is 0 Å². The quantitative estimate of drug-likeness (QED) is 0.717. The van der Waals surface area contributed by atoms with Crippen LogP contribution in [0.3, 0.4) is 0 Å². The molecule has 154 valence electrons. The zero-order chi connectivity index (χ0) is 21.2. The Morgan fingerprint density at radius 3 is 2.59 bits per heavy atom. The molecular formula is C20H22N2O6S. The number of carbonyl (C=O) groups is 2. The predicted molar refractivity (Wildman–Crippen MR) is 107 cm³/mol. The maximum absolute atomic E-state index is 12.8. The third-order valence-corrected chi connectivity index (χ3v) is 6.18. The van der Waals surface area contributed by atoms with Crippen molar-refractivity contribution in [3.63, 3.8) is 0 Å². The molecule has 0 spiro atoms. The van der Waals surface area contributed by atoms with Gasteiger partial charge in [-0.1, -0.05) is 18.2 Å². The minimum atomic E-state index is -3.85. The summed E-state index contributed by atoms with van der Waals surface area (Å²) in [4.78, 5) is 26.7. The third-order valence-electron chi connectivity index (χ3n) is 4.74. The van der Waals surface area contributed by atoms with Crippen molar-refractivity contribution >= 4 is 27.6 Å². The van der Waals surface area contributed by atoms with Crippen LogP contribution < -0.4 is 14.4 Å². The molecule has 0 unspecified atom stereocenters. The van der Waals surface area contributed by atoms with Gasteiger partial charge in [0.15, 0.2) is 6.10 Å². The fourth-order valence-corrected chi connectivity index (χ4v) is 4.11. The summed E-state index contributed by atoms with van der Waals surface area (Å²) in [5.74, 6) is -1.04. The van der Waals surface area contributed by atoms with Crippen LogP contribution in [0.1, 0.15) is 22.8 Å². The highest BCUT2D eigenvalue weighted by molar-refractivity contribution is 7.89. The number of fused-ring (bicyclic) bond motifs is 1. The summed E-state index contributed by atoms with van der Waals surface area (Å²) in [7, 11) is -1.26. The van der Waals surface area contributed by atoms with Crippen LogP contribution in [0.5, 0.6) is 5.75 Å². The minimum Gasteiger partial charge on any atom is -0.495 e. The Kier molecular flexibility index (Phi) is 5.90. The van der Waals surface area contributed by atoms with Crippen LogP contribution in [0.25, 0.3) is 0 Å². The molecule has 0 saturated heterocycles. The molecule has 8 nitrogen and oxygen atoms in total. The molecule has 2 aromatic rings. The molecule has 3 rings (SSSR count). The summed E-state index contributed by atoms with van der Waals surface area (Å²) in [6.45, 7) is 2.02. The van der Waals surface area contributed by atoms with E-state index in [-0.39, 0.29) is 22.1 Å². The molecule has 1 amide bonds. The molecule has 0 saturated carbocycles. The van der Waals surface area contributed by atoms with Gasteiger partial charge in [-0.3, -0.25) is 4.79 Å². The largest absolute Gasteiger partial charge is 0.495 e. The van der Waals surface area contributed by atoms with Crippen molar-refractivity contribution in [2.75, 3.05) is 25.6 Å². The first-order valence-corrected chi connectivity index (χ1v) is 10.5. The van der Waals surface area contributed by atoms with E-state index in [2.05, 4.69) is 4.72 Å². The topological polar surface area (TPSA) is 102 Å². The smallest absolute Gasteiger partial charge is 0.338 e. The predicted octanol–water partition coefficient (Wildman–Crippen LogP) is 1.74. The highest BCUT2D eigenvalue weighted by atomic mass is 32.2. The van der Waals surface area contributed by atoms with E-state index in [1.807, 2.05) is 24.3 Å². The van der Waals surface area contributed by atoms with Crippen molar-refractivity contribution in [2.24, 2.45) is 0 Å². The van der Waals surface area contributed by atoms with E-state index in [4.69, 9.17) is 9.47 Å². The van der Waals surface area contributed by atoms with Crippen molar-refractivity contribution < 1.29 is 27.5 Å². The molecule has 0 bridgehead atoms. The number of nitrogens with one attached hydrogen (secondary N) is 1. The second-order valence-electron chi connectivity index (χ2n) is 6.49. The first kappa shape index (κ1) is 20.8. The Bertz CT molecular complexity index is 1050. The first-order valence-electron chi connectivity index (χ1n) is 9.00. The lowest BCUT2D eigenvalue weighted by Gasteiger charge is -2.22. The van der Waals surface area contributed by atoms with Crippen molar-refractivity contribution in [3.05, 3.63) is 53.6 Å². The van der Waals surface area contributed by atoms with Crippen molar-refractivity contribution in [1.82, 2.24) is 4.72 Å². The van der Waals surface area contributed by atoms with Gasteiger partial charge < -0.3 is 14.4 Å². The van der Waals surface area contributed by atoms with E-state index in [1.54, 1.807) is 4.90 Å². The molecule has 2 aromatic carbocycles. The number of rotatable bonds is 6. The Morgan fingerprint density at radius 2 is 1.90 bits per heavy atom. The van der Waals surface area contributed by atoms with Gasteiger partial charge in [0.1, 0.15) is 10.6 Å². The molecule has 1 atom stereocenters. The second-order valence-corrected chi connectivity index (χ2v) is 8.34.